The normalized spacial score (nSPS) is 17.7. The number of hydrogen-bond acceptors (Lipinski definition) is 4. The summed E-state index contributed by atoms with van der Waals surface area (Å²) in [6.45, 7) is 3.02. The van der Waals surface area contributed by atoms with E-state index in [0.717, 1.165) is 31.7 Å². The molecule has 1 atom stereocenters. The van der Waals surface area contributed by atoms with Gasteiger partial charge in [0.25, 0.3) is 5.91 Å². The SMILES string of the molecule is CN(C)C(=O)c1cnn2c(C3CCN(Cc4ccccc4)C3)ccnc12. The van der Waals surface area contributed by atoms with Crippen LogP contribution in [0.15, 0.2) is 48.8 Å². The van der Waals surface area contributed by atoms with Gasteiger partial charge in [-0.25, -0.2) is 9.50 Å². The van der Waals surface area contributed by atoms with Crippen LogP contribution in [0.2, 0.25) is 0 Å². The van der Waals surface area contributed by atoms with Crippen LogP contribution in [0, 0.1) is 0 Å². The zero-order valence-corrected chi connectivity index (χ0v) is 15.2. The van der Waals surface area contributed by atoms with Crippen LogP contribution in [0.1, 0.15) is 34.0 Å². The molecule has 1 unspecified atom stereocenters. The number of hydrogen-bond donors (Lipinski definition) is 0. The molecule has 3 heterocycles. The molecule has 26 heavy (non-hydrogen) atoms. The van der Waals surface area contributed by atoms with Crippen molar-refractivity contribution in [2.24, 2.45) is 0 Å². The standard InChI is InChI=1S/C20H23N5O/c1-23(2)20(26)17-12-22-25-18(8-10-21-19(17)25)16-9-11-24(14-16)13-15-6-4-3-5-7-15/h3-8,10,12,16H,9,11,13-14H2,1-2H3. The molecule has 0 radical (unpaired) electrons. The van der Waals surface area contributed by atoms with Crippen molar-refractivity contribution in [3.8, 4) is 0 Å². The van der Waals surface area contributed by atoms with Gasteiger partial charge in [-0.15, -0.1) is 0 Å². The van der Waals surface area contributed by atoms with Gasteiger partial charge in [0.05, 0.1) is 11.9 Å². The summed E-state index contributed by atoms with van der Waals surface area (Å²) in [5.74, 6) is 0.327. The second kappa shape index (κ2) is 6.88. The molecule has 0 bridgehead atoms. The maximum absolute atomic E-state index is 12.3. The van der Waals surface area contributed by atoms with E-state index in [2.05, 4.69) is 39.2 Å². The average Bonchev–Trinajstić information content (AvgIpc) is 3.28. The Hall–Kier alpha value is -2.73. The molecule has 2 aromatic heterocycles. The van der Waals surface area contributed by atoms with Gasteiger partial charge >= 0.3 is 0 Å². The third-order valence-corrected chi connectivity index (χ3v) is 5.01. The lowest BCUT2D eigenvalue weighted by atomic mass is 10.0. The fraction of sp³-hybridized carbons (Fsp3) is 0.350. The molecule has 1 amide bonds. The minimum absolute atomic E-state index is 0.0678. The summed E-state index contributed by atoms with van der Waals surface area (Å²) in [5.41, 5.74) is 3.66. The van der Waals surface area contributed by atoms with Gasteiger partial charge in [0, 0.05) is 39.3 Å². The highest BCUT2D eigenvalue weighted by molar-refractivity contribution is 5.99. The number of aromatic nitrogens is 3. The monoisotopic (exact) mass is 349 g/mol. The molecule has 1 aliphatic heterocycles. The Kier molecular flexibility index (Phi) is 4.42. The molecule has 1 fully saturated rings. The molecule has 0 spiro atoms. The van der Waals surface area contributed by atoms with Gasteiger partial charge in [-0.05, 0) is 24.6 Å². The summed E-state index contributed by atoms with van der Waals surface area (Å²) in [6, 6.07) is 12.6. The van der Waals surface area contributed by atoms with Crippen LogP contribution in [0.25, 0.3) is 5.65 Å². The fourth-order valence-electron chi connectivity index (χ4n) is 3.67. The number of likely N-dealkylation sites (tertiary alicyclic amines) is 1. The van der Waals surface area contributed by atoms with Gasteiger partial charge in [0.2, 0.25) is 0 Å². The molecule has 0 saturated carbocycles. The third kappa shape index (κ3) is 3.08. The Morgan fingerprint density at radius 2 is 2.04 bits per heavy atom. The van der Waals surface area contributed by atoms with E-state index >= 15 is 0 Å². The maximum atomic E-state index is 12.3. The van der Waals surface area contributed by atoms with E-state index < -0.39 is 0 Å². The van der Waals surface area contributed by atoms with Crippen molar-refractivity contribution in [1.82, 2.24) is 24.4 Å². The van der Waals surface area contributed by atoms with Crippen LogP contribution in [0.5, 0.6) is 0 Å². The van der Waals surface area contributed by atoms with E-state index in [4.69, 9.17) is 0 Å². The molecule has 0 aliphatic carbocycles. The highest BCUT2D eigenvalue weighted by atomic mass is 16.2. The van der Waals surface area contributed by atoms with Crippen LogP contribution in [-0.2, 0) is 6.54 Å². The van der Waals surface area contributed by atoms with E-state index in [1.165, 1.54) is 5.56 Å². The lowest BCUT2D eigenvalue weighted by Gasteiger charge is -2.16. The third-order valence-electron chi connectivity index (χ3n) is 5.01. The molecule has 1 saturated heterocycles. The zero-order valence-electron chi connectivity index (χ0n) is 15.2. The van der Waals surface area contributed by atoms with Crippen LogP contribution < -0.4 is 0 Å². The van der Waals surface area contributed by atoms with E-state index in [1.54, 1.807) is 31.4 Å². The Bertz CT molecular complexity index is 918. The second-order valence-corrected chi connectivity index (χ2v) is 7.07. The fourth-order valence-corrected chi connectivity index (χ4v) is 3.67. The number of carbonyl (C=O) groups is 1. The van der Waals surface area contributed by atoms with Crippen molar-refractivity contribution in [2.45, 2.75) is 18.9 Å². The van der Waals surface area contributed by atoms with E-state index in [9.17, 15) is 4.79 Å². The molecule has 1 aliphatic rings. The van der Waals surface area contributed by atoms with Crippen LogP contribution in [0.4, 0.5) is 0 Å². The van der Waals surface area contributed by atoms with Crippen molar-refractivity contribution in [2.75, 3.05) is 27.2 Å². The first kappa shape index (κ1) is 16.7. The summed E-state index contributed by atoms with van der Waals surface area (Å²) < 4.78 is 1.84. The highest BCUT2D eigenvalue weighted by Gasteiger charge is 2.27. The van der Waals surface area contributed by atoms with Gasteiger partial charge in [0.1, 0.15) is 5.56 Å². The second-order valence-electron chi connectivity index (χ2n) is 7.07. The molecule has 3 aromatic rings. The lowest BCUT2D eigenvalue weighted by molar-refractivity contribution is 0.0829. The minimum atomic E-state index is -0.0678. The summed E-state index contributed by atoms with van der Waals surface area (Å²) >= 11 is 0. The number of carbonyl (C=O) groups excluding carboxylic acids is 1. The number of benzene rings is 1. The molecule has 6 heteroatoms. The Balaban J connectivity index is 1.57. The number of amides is 1. The Labute approximate surface area is 153 Å². The van der Waals surface area contributed by atoms with E-state index in [1.807, 2.05) is 16.6 Å². The van der Waals surface area contributed by atoms with Crippen LogP contribution in [-0.4, -0.2) is 57.5 Å². The number of nitrogens with zero attached hydrogens (tertiary/aromatic N) is 5. The average molecular weight is 349 g/mol. The first-order valence-corrected chi connectivity index (χ1v) is 8.94. The number of fused-ring (bicyclic) bond motifs is 1. The predicted octanol–water partition coefficient (Wildman–Crippen LogP) is 2.42. The molecule has 6 nitrogen and oxygen atoms in total. The van der Waals surface area contributed by atoms with Crippen LogP contribution in [0.3, 0.4) is 0 Å². The topological polar surface area (TPSA) is 53.7 Å². The minimum Gasteiger partial charge on any atom is -0.345 e. The largest absolute Gasteiger partial charge is 0.345 e. The lowest BCUT2D eigenvalue weighted by Crippen LogP contribution is -2.22. The first-order chi connectivity index (χ1) is 12.6. The smallest absolute Gasteiger partial charge is 0.258 e. The molecule has 4 rings (SSSR count). The molecule has 0 N–H and O–H groups in total. The van der Waals surface area contributed by atoms with E-state index in [-0.39, 0.29) is 5.91 Å². The molecular weight excluding hydrogens is 326 g/mol. The Morgan fingerprint density at radius 1 is 1.23 bits per heavy atom. The quantitative estimate of drug-likeness (QED) is 0.726. The molecule has 134 valence electrons. The van der Waals surface area contributed by atoms with Crippen molar-refractivity contribution >= 4 is 11.6 Å². The van der Waals surface area contributed by atoms with Gasteiger partial charge in [-0.2, -0.15) is 5.10 Å². The van der Waals surface area contributed by atoms with Gasteiger partial charge in [0.15, 0.2) is 5.65 Å². The van der Waals surface area contributed by atoms with Crippen molar-refractivity contribution in [3.05, 3.63) is 65.6 Å². The molecule has 1 aromatic carbocycles. The highest BCUT2D eigenvalue weighted by Crippen LogP contribution is 2.28. The first-order valence-electron chi connectivity index (χ1n) is 8.94. The van der Waals surface area contributed by atoms with Gasteiger partial charge in [-0.3, -0.25) is 9.69 Å². The summed E-state index contributed by atoms with van der Waals surface area (Å²) in [5, 5.41) is 4.46. The Morgan fingerprint density at radius 3 is 2.81 bits per heavy atom. The number of rotatable bonds is 4. The zero-order chi connectivity index (χ0) is 18.1. The summed E-state index contributed by atoms with van der Waals surface area (Å²) in [6.07, 6.45) is 4.51. The van der Waals surface area contributed by atoms with E-state index in [0.29, 0.717) is 17.1 Å². The summed E-state index contributed by atoms with van der Waals surface area (Å²) in [4.78, 5) is 20.8. The van der Waals surface area contributed by atoms with Crippen LogP contribution >= 0.6 is 0 Å². The molecular formula is C20H23N5O. The predicted molar refractivity (Wildman–Crippen MR) is 100 cm³/mol. The van der Waals surface area contributed by atoms with Crippen molar-refractivity contribution < 1.29 is 4.79 Å². The summed E-state index contributed by atoms with van der Waals surface area (Å²) in [7, 11) is 3.49. The van der Waals surface area contributed by atoms with Crippen molar-refractivity contribution in [1.29, 1.82) is 0 Å². The van der Waals surface area contributed by atoms with Gasteiger partial charge < -0.3 is 4.90 Å². The van der Waals surface area contributed by atoms with Gasteiger partial charge in [-0.1, -0.05) is 30.3 Å². The maximum Gasteiger partial charge on any atom is 0.258 e. The van der Waals surface area contributed by atoms with Crippen molar-refractivity contribution in [3.63, 3.8) is 0 Å².